The highest BCUT2D eigenvalue weighted by Crippen LogP contribution is 2.31. The molecule has 170 valence electrons. The van der Waals surface area contributed by atoms with Crippen LogP contribution in [0.3, 0.4) is 0 Å². The van der Waals surface area contributed by atoms with Gasteiger partial charge in [-0.15, -0.1) is 0 Å². The quantitative estimate of drug-likeness (QED) is 0.405. The Kier molecular flexibility index (Phi) is 6.06. The fourth-order valence-corrected chi connectivity index (χ4v) is 4.69. The number of para-hydroxylation sites is 2. The second-order valence-electron chi connectivity index (χ2n) is 7.51. The molecular formula is C24H24N4O4S. The molecule has 1 heterocycles. The van der Waals surface area contributed by atoms with Crippen LogP contribution in [0.1, 0.15) is 11.1 Å². The highest BCUT2D eigenvalue weighted by atomic mass is 32.2. The normalized spacial score (nSPS) is 11.3. The van der Waals surface area contributed by atoms with Crippen LogP contribution < -0.4 is 19.5 Å². The topological polar surface area (TPSA) is 102 Å². The Morgan fingerprint density at radius 3 is 2.00 bits per heavy atom. The Bertz CT molecular complexity index is 1420. The van der Waals surface area contributed by atoms with Gasteiger partial charge in [0.1, 0.15) is 11.5 Å². The molecule has 0 aliphatic heterocycles. The minimum absolute atomic E-state index is 0.0800. The fourth-order valence-electron chi connectivity index (χ4n) is 3.35. The molecule has 0 saturated carbocycles. The summed E-state index contributed by atoms with van der Waals surface area (Å²) >= 11 is 0. The fraction of sp³-hybridized carbons (Fsp3) is 0.167. The Morgan fingerprint density at radius 1 is 0.788 bits per heavy atom. The first-order chi connectivity index (χ1) is 15.8. The highest BCUT2D eigenvalue weighted by molar-refractivity contribution is 7.92. The molecule has 9 heteroatoms. The van der Waals surface area contributed by atoms with Crippen molar-refractivity contribution >= 4 is 38.4 Å². The van der Waals surface area contributed by atoms with E-state index in [1.54, 1.807) is 57.5 Å². The van der Waals surface area contributed by atoms with Crippen molar-refractivity contribution in [1.29, 1.82) is 0 Å². The van der Waals surface area contributed by atoms with Crippen LogP contribution in [0.4, 0.5) is 17.3 Å². The molecule has 4 aromatic rings. The highest BCUT2D eigenvalue weighted by Gasteiger charge is 2.21. The van der Waals surface area contributed by atoms with Crippen LogP contribution in [0.5, 0.6) is 11.5 Å². The number of nitrogens with zero attached hydrogens (tertiary/aromatic N) is 2. The molecule has 0 unspecified atom stereocenters. The molecule has 0 saturated heterocycles. The lowest BCUT2D eigenvalue weighted by Crippen LogP contribution is -2.17. The van der Waals surface area contributed by atoms with Crippen LogP contribution >= 0.6 is 0 Å². The molecule has 3 aromatic carbocycles. The minimum Gasteiger partial charge on any atom is -0.497 e. The summed E-state index contributed by atoms with van der Waals surface area (Å²) in [5, 5.41) is 3.15. The Labute approximate surface area is 192 Å². The number of hydrogen-bond acceptors (Lipinski definition) is 7. The van der Waals surface area contributed by atoms with E-state index < -0.39 is 10.0 Å². The molecule has 2 N–H and O–H groups in total. The van der Waals surface area contributed by atoms with Crippen molar-refractivity contribution < 1.29 is 17.9 Å². The van der Waals surface area contributed by atoms with Gasteiger partial charge in [-0.3, -0.25) is 4.72 Å². The lowest BCUT2D eigenvalue weighted by Gasteiger charge is -2.16. The van der Waals surface area contributed by atoms with Crippen molar-refractivity contribution in [2.45, 2.75) is 18.7 Å². The van der Waals surface area contributed by atoms with E-state index >= 15 is 0 Å². The largest absolute Gasteiger partial charge is 0.497 e. The zero-order valence-electron chi connectivity index (χ0n) is 18.7. The first-order valence-electron chi connectivity index (χ1n) is 10.2. The van der Waals surface area contributed by atoms with Gasteiger partial charge in [-0.2, -0.15) is 0 Å². The predicted molar refractivity (Wildman–Crippen MR) is 129 cm³/mol. The Balaban J connectivity index is 1.81. The van der Waals surface area contributed by atoms with Gasteiger partial charge >= 0.3 is 0 Å². The van der Waals surface area contributed by atoms with Crippen molar-refractivity contribution in [3.63, 3.8) is 0 Å². The molecule has 0 radical (unpaired) electrons. The average molecular weight is 465 g/mol. The molecule has 33 heavy (non-hydrogen) atoms. The standard InChI is InChI=1S/C24H24N4O4S/c1-15-9-10-16(2)22(11-15)33(29,30)28-24-23(26-20-7-5-6-8-21(20)27-24)25-17-12-18(31-3)14-19(13-17)32-4/h5-14H,1-4H3,(H,25,26)(H,27,28). The zero-order valence-corrected chi connectivity index (χ0v) is 19.5. The third-order valence-electron chi connectivity index (χ3n) is 5.05. The van der Waals surface area contributed by atoms with E-state index in [0.29, 0.717) is 33.8 Å². The molecule has 0 aliphatic carbocycles. The van der Waals surface area contributed by atoms with E-state index in [-0.39, 0.29) is 16.5 Å². The van der Waals surface area contributed by atoms with Gasteiger partial charge < -0.3 is 14.8 Å². The predicted octanol–water partition coefficient (Wildman–Crippen LogP) is 4.81. The monoisotopic (exact) mass is 464 g/mol. The van der Waals surface area contributed by atoms with Crippen LogP contribution in [-0.2, 0) is 10.0 Å². The van der Waals surface area contributed by atoms with E-state index in [2.05, 4.69) is 20.0 Å². The third kappa shape index (κ3) is 4.83. The van der Waals surface area contributed by atoms with Crippen LogP contribution in [0.2, 0.25) is 0 Å². The molecule has 0 atom stereocenters. The number of benzene rings is 3. The number of methoxy groups -OCH3 is 2. The van der Waals surface area contributed by atoms with Gasteiger partial charge in [0.2, 0.25) is 0 Å². The van der Waals surface area contributed by atoms with Crippen molar-refractivity contribution in [2.75, 3.05) is 24.3 Å². The van der Waals surface area contributed by atoms with Gasteiger partial charge in [-0.05, 0) is 43.2 Å². The molecular weight excluding hydrogens is 440 g/mol. The van der Waals surface area contributed by atoms with E-state index in [1.165, 1.54) is 0 Å². The summed E-state index contributed by atoms with van der Waals surface area (Å²) in [7, 11) is -0.810. The van der Waals surface area contributed by atoms with Gasteiger partial charge in [-0.1, -0.05) is 24.3 Å². The second kappa shape index (κ2) is 8.95. The average Bonchev–Trinajstić information content (AvgIpc) is 2.80. The summed E-state index contributed by atoms with van der Waals surface area (Å²) in [5.41, 5.74) is 3.25. The summed E-state index contributed by atoms with van der Waals surface area (Å²) < 4.78 is 39.8. The summed E-state index contributed by atoms with van der Waals surface area (Å²) in [4.78, 5) is 9.35. The number of anilines is 3. The van der Waals surface area contributed by atoms with Crippen molar-refractivity contribution in [3.8, 4) is 11.5 Å². The minimum atomic E-state index is -3.92. The Hall–Kier alpha value is -3.85. The van der Waals surface area contributed by atoms with Gasteiger partial charge in [0.05, 0.1) is 30.1 Å². The van der Waals surface area contributed by atoms with E-state index in [4.69, 9.17) is 9.47 Å². The number of fused-ring (bicyclic) bond motifs is 1. The van der Waals surface area contributed by atoms with Gasteiger partial charge in [-0.25, -0.2) is 18.4 Å². The summed E-state index contributed by atoms with van der Waals surface area (Å²) in [5.74, 6) is 1.47. The lowest BCUT2D eigenvalue weighted by molar-refractivity contribution is 0.395. The molecule has 0 fully saturated rings. The molecule has 0 amide bonds. The first-order valence-corrected chi connectivity index (χ1v) is 11.6. The van der Waals surface area contributed by atoms with Crippen LogP contribution in [0, 0.1) is 13.8 Å². The number of ether oxygens (including phenoxy) is 2. The molecule has 0 bridgehead atoms. The number of hydrogen-bond donors (Lipinski definition) is 2. The van der Waals surface area contributed by atoms with Gasteiger partial charge in [0.25, 0.3) is 10.0 Å². The third-order valence-corrected chi connectivity index (χ3v) is 6.53. The number of aryl methyl sites for hydroxylation is 2. The maximum Gasteiger partial charge on any atom is 0.263 e. The first kappa shape index (κ1) is 22.3. The van der Waals surface area contributed by atoms with Crippen molar-refractivity contribution in [1.82, 2.24) is 9.97 Å². The number of sulfonamides is 1. The molecule has 0 spiro atoms. The summed E-state index contributed by atoms with van der Waals surface area (Å²) in [6, 6.07) is 17.8. The van der Waals surface area contributed by atoms with E-state index in [1.807, 2.05) is 31.2 Å². The van der Waals surface area contributed by atoms with E-state index in [0.717, 1.165) is 5.56 Å². The number of aromatic nitrogens is 2. The maximum absolute atomic E-state index is 13.3. The Morgan fingerprint density at radius 2 is 1.39 bits per heavy atom. The second-order valence-corrected chi connectivity index (χ2v) is 9.16. The molecule has 4 rings (SSSR count). The number of nitrogens with one attached hydrogen (secondary N) is 2. The molecule has 0 aliphatic rings. The van der Waals surface area contributed by atoms with Crippen molar-refractivity contribution in [2.24, 2.45) is 0 Å². The van der Waals surface area contributed by atoms with E-state index in [9.17, 15) is 8.42 Å². The van der Waals surface area contributed by atoms with Crippen LogP contribution in [-0.4, -0.2) is 32.6 Å². The summed E-state index contributed by atoms with van der Waals surface area (Å²) in [6.45, 7) is 3.60. The van der Waals surface area contributed by atoms with Crippen molar-refractivity contribution in [3.05, 3.63) is 71.8 Å². The number of rotatable bonds is 7. The molecule has 8 nitrogen and oxygen atoms in total. The van der Waals surface area contributed by atoms with Gasteiger partial charge in [0.15, 0.2) is 11.6 Å². The van der Waals surface area contributed by atoms with Crippen LogP contribution in [0.25, 0.3) is 11.0 Å². The zero-order chi connectivity index (χ0) is 23.6. The summed E-state index contributed by atoms with van der Waals surface area (Å²) in [6.07, 6.45) is 0. The van der Waals surface area contributed by atoms with Crippen LogP contribution in [0.15, 0.2) is 65.6 Å². The smallest absolute Gasteiger partial charge is 0.263 e. The van der Waals surface area contributed by atoms with Gasteiger partial charge in [0, 0.05) is 23.9 Å². The molecule has 1 aromatic heterocycles. The SMILES string of the molecule is COc1cc(Nc2nc3ccccc3nc2NS(=O)(=O)c2cc(C)ccc2C)cc(OC)c1. The maximum atomic E-state index is 13.3. The lowest BCUT2D eigenvalue weighted by atomic mass is 10.2.